The molecule has 0 saturated heterocycles. The van der Waals surface area contributed by atoms with Crippen molar-refractivity contribution in [1.82, 2.24) is 10.2 Å². The van der Waals surface area contributed by atoms with E-state index < -0.39 is 28.5 Å². The third-order valence-corrected chi connectivity index (χ3v) is 10.2. The van der Waals surface area contributed by atoms with E-state index in [2.05, 4.69) is 5.32 Å². The van der Waals surface area contributed by atoms with Crippen molar-refractivity contribution in [2.45, 2.75) is 57.1 Å². The molecule has 1 N–H and O–H groups in total. The Morgan fingerprint density at radius 2 is 1.43 bits per heavy atom. The van der Waals surface area contributed by atoms with Crippen LogP contribution in [0.3, 0.4) is 0 Å². The fourth-order valence-electron chi connectivity index (χ4n) is 5.02. The number of nitrogens with zero attached hydrogens (tertiary/aromatic N) is 2. The Morgan fingerprint density at radius 1 is 0.830 bits per heavy atom. The maximum Gasteiger partial charge on any atom is 0.264 e. The predicted octanol–water partition coefficient (Wildman–Crippen LogP) is 7.14. The van der Waals surface area contributed by atoms with Gasteiger partial charge >= 0.3 is 0 Å². The van der Waals surface area contributed by atoms with Crippen molar-refractivity contribution < 1.29 is 22.7 Å². The van der Waals surface area contributed by atoms with Crippen LogP contribution >= 0.6 is 23.2 Å². The number of nitrogens with one attached hydrogen (secondary N) is 1. The minimum atomic E-state index is -4.29. The first-order valence-electron chi connectivity index (χ1n) is 15.4. The Kier molecular flexibility index (Phi) is 12.7. The number of carbonyl (C=O) groups is 2. The van der Waals surface area contributed by atoms with Crippen LogP contribution in [0.4, 0.5) is 5.69 Å². The van der Waals surface area contributed by atoms with Gasteiger partial charge < -0.3 is 15.0 Å². The minimum absolute atomic E-state index is 0.00449. The summed E-state index contributed by atoms with van der Waals surface area (Å²) in [6.07, 6.45) is 0.837. The van der Waals surface area contributed by atoms with Crippen LogP contribution in [-0.2, 0) is 32.6 Å². The van der Waals surface area contributed by atoms with Crippen LogP contribution in [-0.4, -0.2) is 50.4 Å². The molecule has 0 aliphatic heterocycles. The molecule has 0 aliphatic carbocycles. The summed E-state index contributed by atoms with van der Waals surface area (Å²) in [5, 5.41) is 3.64. The zero-order chi connectivity index (χ0) is 34.0. The average Bonchev–Trinajstić information content (AvgIpc) is 3.07. The number of benzene rings is 4. The summed E-state index contributed by atoms with van der Waals surface area (Å²) < 4.78 is 35.4. The molecule has 4 aromatic rings. The number of carbonyl (C=O) groups excluding carboxylic acids is 2. The van der Waals surface area contributed by atoms with Crippen LogP contribution in [0.1, 0.15) is 38.3 Å². The first kappa shape index (κ1) is 35.8. The van der Waals surface area contributed by atoms with Gasteiger partial charge in [0.05, 0.1) is 17.2 Å². The van der Waals surface area contributed by atoms with E-state index in [4.69, 9.17) is 27.9 Å². The molecule has 0 aromatic heterocycles. The van der Waals surface area contributed by atoms with E-state index in [-0.39, 0.29) is 42.1 Å². The molecule has 47 heavy (non-hydrogen) atoms. The highest BCUT2D eigenvalue weighted by Gasteiger charge is 2.36. The summed E-state index contributed by atoms with van der Waals surface area (Å²) >= 11 is 13.2. The summed E-state index contributed by atoms with van der Waals surface area (Å²) in [4.78, 5) is 30.1. The van der Waals surface area contributed by atoms with Gasteiger partial charge in [-0.2, -0.15) is 0 Å². The zero-order valence-corrected chi connectivity index (χ0v) is 28.9. The highest BCUT2D eigenvalue weighted by atomic mass is 35.5. The molecule has 4 aromatic carbocycles. The Labute approximate surface area is 287 Å². The lowest BCUT2D eigenvalue weighted by molar-refractivity contribution is -0.140. The standard InChI is InChI=1S/C36H39Cl2N3O5S/c1-4-26(3)39-36(43)33(23-27-15-8-6-9-16-27)40(24-29-30(37)19-14-20-31(29)38)35(42)25-41(32-21-12-13-22-34(32)46-5-2)47(44,45)28-17-10-7-11-18-28/h6-22,26,33H,4-5,23-25H2,1-3H3,(H,39,43)/t26-,33-/m1/s1. The van der Waals surface area contributed by atoms with Gasteiger partial charge in [-0.1, -0.05) is 96.9 Å². The molecule has 2 atom stereocenters. The van der Waals surface area contributed by atoms with Gasteiger partial charge in [0, 0.05) is 34.6 Å². The number of anilines is 1. The molecule has 0 unspecified atom stereocenters. The van der Waals surface area contributed by atoms with Crippen LogP contribution < -0.4 is 14.4 Å². The molecule has 0 spiro atoms. The van der Waals surface area contributed by atoms with E-state index in [9.17, 15) is 18.0 Å². The predicted molar refractivity (Wildman–Crippen MR) is 187 cm³/mol. The molecule has 0 aliphatic rings. The quantitative estimate of drug-likeness (QED) is 0.143. The van der Waals surface area contributed by atoms with Gasteiger partial charge in [-0.3, -0.25) is 13.9 Å². The normalized spacial score (nSPS) is 12.5. The molecular weight excluding hydrogens is 657 g/mol. The van der Waals surface area contributed by atoms with E-state index in [0.29, 0.717) is 27.8 Å². The summed E-state index contributed by atoms with van der Waals surface area (Å²) in [7, 11) is -4.29. The van der Waals surface area contributed by atoms with Crippen molar-refractivity contribution in [1.29, 1.82) is 0 Å². The molecule has 0 fully saturated rings. The Hall–Kier alpha value is -4.05. The Morgan fingerprint density at radius 3 is 2.04 bits per heavy atom. The monoisotopic (exact) mass is 695 g/mol. The topological polar surface area (TPSA) is 96.0 Å². The molecule has 8 nitrogen and oxygen atoms in total. The molecule has 0 heterocycles. The fraction of sp³-hybridized carbons (Fsp3) is 0.278. The van der Waals surface area contributed by atoms with Crippen molar-refractivity contribution in [3.63, 3.8) is 0 Å². The first-order chi connectivity index (χ1) is 22.6. The van der Waals surface area contributed by atoms with Crippen LogP contribution in [0, 0.1) is 0 Å². The average molecular weight is 697 g/mol. The molecule has 0 saturated carbocycles. The summed E-state index contributed by atoms with van der Waals surface area (Å²) in [5.41, 5.74) is 1.44. The van der Waals surface area contributed by atoms with Crippen molar-refractivity contribution in [2.24, 2.45) is 0 Å². The first-order valence-corrected chi connectivity index (χ1v) is 17.6. The maximum absolute atomic E-state index is 14.7. The van der Waals surface area contributed by atoms with Crippen molar-refractivity contribution in [3.05, 3.63) is 124 Å². The summed E-state index contributed by atoms with van der Waals surface area (Å²) in [6, 6.07) is 27.6. The van der Waals surface area contributed by atoms with Gasteiger partial charge in [-0.05, 0) is 62.2 Å². The second kappa shape index (κ2) is 16.7. The number of sulfonamides is 1. The highest BCUT2D eigenvalue weighted by molar-refractivity contribution is 7.92. The number of hydrogen-bond donors (Lipinski definition) is 1. The van der Waals surface area contributed by atoms with Gasteiger partial charge in [-0.15, -0.1) is 0 Å². The molecule has 4 rings (SSSR count). The Balaban J connectivity index is 1.87. The van der Waals surface area contributed by atoms with Crippen molar-refractivity contribution in [2.75, 3.05) is 17.5 Å². The lowest BCUT2D eigenvalue weighted by Gasteiger charge is -2.35. The lowest BCUT2D eigenvalue weighted by atomic mass is 10.0. The number of hydrogen-bond acceptors (Lipinski definition) is 5. The molecule has 2 amide bonds. The third kappa shape index (κ3) is 9.06. The van der Waals surface area contributed by atoms with Gasteiger partial charge in [-0.25, -0.2) is 8.42 Å². The fourth-order valence-corrected chi connectivity index (χ4v) is 6.99. The SMILES string of the molecule is CCOc1ccccc1N(CC(=O)N(Cc1c(Cl)cccc1Cl)[C@H](Cc1ccccc1)C(=O)N[C@H](C)CC)S(=O)(=O)c1ccccc1. The lowest BCUT2D eigenvalue weighted by Crippen LogP contribution is -2.54. The van der Waals surface area contributed by atoms with Crippen LogP contribution in [0.5, 0.6) is 5.75 Å². The summed E-state index contributed by atoms with van der Waals surface area (Å²) in [5.74, 6) is -0.725. The van der Waals surface area contributed by atoms with E-state index in [1.54, 1.807) is 67.6 Å². The number of para-hydroxylation sites is 2. The van der Waals surface area contributed by atoms with Crippen molar-refractivity contribution >= 4 is 50.7 Å². The second-order valence-electron chi connectivity index (χ2n) is 11.0. The third-order valence-electron chi connectivity index (χ3n) is 7.71. The van der Waals surface area contributed by atoms with Crippen molar-refractivity contribution in [3.8, 4) is 5.75 Å². The number of amides is 2. The largest absolute Gasteiger partial charge is 0.492 e. The van der Waals surface area contributed by atoms with Gasteiger partial charge in [0.15, 0.2) is 0 Å². The Bertz CT molecular complexity index is 1740. The van der Waals surface area contributed by atoms with Gasteiger partial charge in [0.25, 0.3) is 10.0 Å². The van der Waals surface area contributed by atoms with Crippen LogP contribution in [0.15, 0.2) is 108 Å². The van der Waals surface area contributed by atoms with Gasteiger partial charge in [0.1, 0.15) is 18.3 Å². The number of halogens is 2. The molecule has 248 valence electrons. The highest BCUT2D eigenvalue weighted by Crippen LogP contribution is 2.33. The molecular formula is C36H39Cl2N3O5S. The molecule has 0 radical (unpaired) electrons. The maximum atomic E-state index is 14.7. The van der Waals surface area contributed by atoms with E-state index in [1.165, 1.54) is 17.0 Å². The van der Waals surface area contributed by atoms with Crippen LogP contribution in [0.25, 0.3) is 0 Å². The summed E-state index contributed by atoms with van der Waals surface area (Å²) in [6.45, 7) is 5.12. The second-order valence-corrected chi connectivity index (χ2v) is 13.6. The van der Waals surface area contributed by atoms with E-state index >= 15 is 0 Å². The zero-order valence-electron chi connectivity index (χ0n) is 26.6. The van der Waals surface area contributed by atoms with Gasteiger partial charge in [0.2, 0.25) is 11.8 Å². The smallest absolute Gasteiger partial charge is 0.264 e. The minimum Gasteiger partial charge on any atom is -0.492 e. The van der Waals surface area contributed by atoms with E-state index in [0.717, 1.165) is 9.87 Å². The molecule has 11 heteroatoms. The van der Waals surface area contributed by atoms with Crippen LogP contribution in [0.2, 0.25) is 10.0 Å². The molecule has 0 bridgehead atoms. The number of ether oxygens (including phenoxy) is 1. The number of rotatable bonds is 15. The van der Waals surface area contributed by atoms with E-state index in [1.807, 2.05) is 44.2 Å².